The van der Waals surface area contributed by atoms with Gasteiger partial charge in [-0.1, -0.05) is 18.7 Å². The Kier molecular flexibility index (Phi) is 3.18. The first-order chi connectivity index (χ1) is 6.67. The largest absolute Gasteiger partial charge is 0.426 e. The Hall–Kier alpha value is -1.90. The van der Waals surface area contributed by atoms with Crippen molar-refractivity contribution in [3.63, 3.8) is 0 Å². The maximum Gasteiger partial charge on any atom is 0.308 e. The predicted octanol–water partition coefficient (Wildman–Crippen LogP) is 2.07. The minimum absolute atomic E-state index is 0.276. The normalized spacial score (nSPS) is 9.21. The molecule has 0 saturated heterocycles. The predicted molar refractivity (Wildman–Crippen MR) is 53.2 cm³/mol. The molecule has 0 aromatic heterocycles. The summed E-state index contributed by atoms with van der Waals surface area (Å²) in [6.45, 7) is 4.86. The van der Waals surface area contributed by atoms with Gasteiger partial charge in [0.1, 0.15) is 5.75 Å². The summed E-state index contributed by atoms with van der Waals surface area (Å²) in [7, 11) is 0. The molecular weight excluding hydrogens is 180 g/mol. The van der Waals surface area contributed by atoms with Crippen LogP contribution in [0.15, 0.2) is 24.8 Å². The maximum atomic E-state index is 10.7. The zero-order valence-electron chi connectivity index (χ0n) is 7.82. The summed E-state index contributed by atoms with van der Waals surface area (Å²) in [6, 6.07) is 4.90. The SMILES string of the molecule is C=Cc1ccc(OC(C)=O)c(C=O)c1. The lowest BCUT2D eigenvalue weighted by atomic mass is 10.1. The summed E-state index contributed by atoms with van der Waals surface area (Å²) >= 11 is 0. The Bertz CT molecular complexity index is 380. The van der Waals surface area contributed by atoms with Crippen LogP contribution in [-0.4, -0.2) is 12.3 Å². The second kappa shape index (κ2) is 4.37. The van der Waals surface area contributed by atoms with Gasteiger partial charge in [0, 0.05) is 6.92 Å². The first-order valence-corrected chi connectivity index (χ1v) is 4.07. The molecule has 0 aliphatic carbocycles. The third kappa shape index (κ3) is 2.29. The maximum absolute atomic E-state index is 10.7. The highest BCUT2D eigenvalue weighted by Crippen LogP contribution is 2.19. The third-order valence-electron chi connectivity index (χ3n) is 1.65. The molecule has 0 unspecified atom stereocenters. The van der Waals surface area contributed by atoms with Gasteiger partial charge in [-0.3, -0.25) is 9.59 Å². The topological polar surface area (TPSA) is 43.4 Å². The quantitative estimate of drug-likeness (QED) is 0.416. The summed E-state index contributed by atoms with van der Waals surface area (Å²) in [5.74, 6) is -0.169. The highest BCUT2D eigenvalue weighted by Gasteiger charge is 2.05. The number of hydrogen-bond donors (Lipinski definition) is 0. The van der Waals surface area contributed by atoms with Gasteiger partial charge in [-0.15, -0.1) is 0 Å². The summed E-state index contributed by atoms with van der Waals surface area (Å²) in [5.41, 5.74) is 1.15. The first kappa shape index (κ1) is 10.2. The van der Waals surface area contributed by atoms with Crippen molar-refractivity contribution in [3.05, 3.63) is 35.9 Å². The molecule has 0 radical (unpaired) electrons. The molecule has 0 heterocycles. The van der Waals surface area contributed by atoms with E-state index in [0.29, 0.717) is 11.8 Å². The van der Waals surface area contributed by atoms with E-state index in [1.165, 1.54) is 6.92 Å². The molecule has 72 valence electrons. The molecule has 0 aliphatic rings. The van der Waals surface area contributed by atoms with Gasteiger partial charge in [0.25, 0.3) is 0 Å². The summed E-state index contributed by atoms with van der Waals surface area (Å²) in [5, 5.41) is 0. The van der Waals surface area contributed by atoms with Crippen molar-refractivity contribution in [1.29, 1.82) is 0 Å². The molecule has 0 N–H and O–H groups in total. The van der Waals surface area contributed by atoms with Crippen LogP contribution in [0.25, 0.3) is 6.08 Å². The van der Waals surface area contributed by atoms with Crippen LogP contribution in [0.1, 0.15) is 22.8 Å². The van der Waals surface area contributed by atoms with E-state index < -0.39 is 5.97 Å². The summed E-state index contributed by atoms with van der Waals surface area (Å²) in [4.78, 5) is 21.3. The Morgan fingerprint density at radius 2 is 2.21 bits per heavy atom. The van der Waals surface area contributed by atoms with E-state index >= 15 is 0 Å². The number of ether oxygens (including phenoxy) is 1. The molecule has 0 aliphatic heterocycles. The van der Waals surface area contributed by atoms with E-state index in [2.05, 4.69) is 6.58 Å². The average Bonchev–Trinajstić information content (AvgIpc) is 2.17. The second-order valence-electron chi connectivity index (χ2n) is 2.71. The Morgan fingerprint density at radius 1 is 1.50 bits per heavy atom. The lowest BCUT2D eigenvalue weighted by Gasteiger charge is -2.04. The molecule has 3 heteroatoms. The molecule has 0 fully saturated rings. The van der Waals surface area contributed by atoms with E-state index in [0.717, 1.165) is 5.56 Å². The van der Waals surface area contributed by atoms with Crippen molar-refractivity contribution in [2.75, 3.05) is 0 Å². The monoisotopic (exact) mass is 190 g/mol. The Balaban J connectivity index is 3.10. The highest BCUT2D eigenvalue weighted by molar-refractivity contribution is 5.83. The molecule has 0 bridgehead atoms. The molecule has 0 amide bonds. The summed E-state index contributed by atoms with van der Waals surface area (Å²) in [6.07, 6.45) is 2.26. The van der Waals surface area contributed by atoms with Crippen LogP contribution < -0.4 is 4.74 Å². The minimum atomic E-state index is -0.445. The van der Waals surface area contributed by atoms with Gasteiger partial charge in [-0.25, -0.2) is 0 Å². The van der Waals surface area contributed by atoms with Crippen LogP contribution in [-0.2, 0) is 4.79 Å². The standard InChI is InChI=1S/C11H10O3/c1-3-9-4-5-11(14-8(2)13)10(6-9)7-12/h3-7H,1H2,2H3. The van der Waals surface area contributed by atoms with Gasteiger partial charge in [0.2, 0.25) is 0 Å². The van der Waals surface area contributed by atoms with Crippen LogP contribution in [0.2, 0.25) is 0 Å². The lowest BCUT2D eigenvalue weighted by Crippen LogP contribution is -2.03. The van der Waals surface area contributed by atoms with E-state index in [1.807, 2.05) is 0 Å². The van der Waals surface area contributed by atoms with Crippen molar-refractivity contribution < 1.29 is 14.3 Å². The molecule has 0 saturated carbocycles. The smallest absolute Gasteiger partial charge is 0.308 e. The molecule has 0 atom stereocenters. The second-order valence-corrected chi connectivity index (χ2v) is 2.71. The highest BCUT2D eigenvalue weighted by atomic mass is 16.5. The fraction of sp³-hybridized carbons (Fsp3) is 0.0909. The number of benzene rings is 1. The number of esters is 1. The van der Waals surface area contributed by atoms with Crippen LogP contribution in [0.3, 0.4) is 0 Å². The third-order valence-corrected chi connectivity index (χ3v) is 1.65. The van der Waals surface area contributed by atoms with Crippen molar-refractivity contribution in [3.8, 4) is 5.75 Å². The van der Waals surface area contributed by atoms with Crippen molar-refractivity contribution >= 4 is 18.3 Å². The average molecular weight is 190 g/mol. The number of hydrogen-bond acceptors (Lipinski definition) is 3. The lowest BCUT2D eigenvalue weighted by molar-refractivity contribution is -0.131. The summed E-state index contributed by atoms with van der Waals surface area (Å²) < 4.78 is 4.83. The molecule has 1 rings (SSSR count). The minimum Gasteiger partial charge on any atom is -0.426 e. The van der Waals surface area contributed by atoms with Gasteiger partial charge in [-0.05, 0) is 17.7 Å². The van der Waals surface area contributed by atoms with E-state index in [1.54, 1.807) is 24.3 Å². The molecule has 14 heavy (non-hydrogen) atoms. The molecule has 0 spiro atoms. The van der Waals surface area contributed by atoms with Crippen LogP contribution in [0, 0.1) is 0 Å². The number of rotatable bonds is 3. The van der Waals surface area contributed by atoms with Crippen LogP contribution in [0.5, 0.6) is 5.75 Å². The molecule has 1 aromatic rings. The Morgan fingerprint density at radius 3 is 2.71 bits per heavy atom. The van der Waals surface area contributed by atoms with Gasteiger partial charge < -0.3 is 4.74 Å². The zero-order chi connectivity index (χ0) is 10.6. The zero-order valence-corrected chi connectivity index (χ0v) is 7.82. The number of carbonyl (C=O) groups excluding carboxylic acids is 2. The van der Waals surface area contributed by atoms with Gasteiger partial charge in [-0.2, -0.15) is 0 Å². The molecular formula is C11H10O3. The van der Waals surface area contributed by atoms with Crippen LogP contribution in [0.4, 0.5) is 0 Å². The number of aldehydes is 1. The number of carbonyl (C=O) groups is 2. The first-order valence-electron chi connectivity index (χ1n) is 4.07. The Labute approximate surface area is 82.0 Å². The van der Waals surface area contributed by atoms with E-state index in [4.69, 9.17) is 4.74 Å². The van der Waals surface area contributed by atoms with Crippen molar-refractivity contribution in [2.45, 2.75) is 6.92 Å². The van der Waals surface area contributed by atoms with Crippen molar-refractivity contribution in [2.24, 2.45) is 0 Å². The molecule has 3 nitrogen and oxygen atoms in total. The van der Waals surface area contributed by atoms with Crippen molar-refractivity contribution in [1.82, 2.24) is 0 Å². The van der Waals surface area contributed by atoms with Crippen LogP contribution >= 0.6 is 0 Å². The van der Waals surface area contributed by atoms with Gasteiger partial charge >= 0.3 is 5.97 Å². The van der Waals surface area contributed by atoms with E-state index in [9.17, 15) is 9.59 Å². The van der Waals surface area contributed by atoms with Gasteiger partial charge in [0.05, 0.1) is 5.56 Å². The molecule has 1 aromatic carbocycles. The van der Waals surface area contributed by atoms with E-state index in [-0.39, 0.29) is 5.75 Å². The fourth-order valence-electron chi connectivity index (χ4n) is 1.03. The van der Waals surface area contributed by atoms with Gasteiger partial charge in [0.15, 0.2) is 6.29 Å². The fourth-order valence-corrected chi connectivity index (χ4v) is 1.03.